The van der Waals surface area contributed by atoms with Gasteiger partial charge in [0.25, 0.3) is 0 Å². The van der Waals surface area contributed by atoms with Gasteiger partial charge in [0.2, 0.25) is 10.0 Å². The number of hydrogen-bond donors (Lipinski definition) is 1. The summed E-state index contributed by atoms with van der Waals surface area (Å²) >= 11 is 0. The molecule has 0 aromatic heterocycles. The molecule has 0 amide bonds. The lowest BCUT2D eigenvalue weighted by Gasteiger charge is -2.07. The first kappa shape index (κ1) is 13.3. The van der Waals surface area contributed by atoms with Crippen molar-refractivity contribution in [3.05, 3.63) is 24.3 Å². The van der Waals surface area contributed by atoms with Crippen molar-refractivity contribution in [1.29, 1.82) is 5.26 Å². The summed E-state index contributed by atoms with van der Waals surface area (Å²) in [6, 6.07) is 8.15. The van der Waals surface area contributed by atoms with E-state index in [1.54, 1.807) is 30.3 Å². The fraction of sp³-hybridized carbons (Fsp3) is 0.364. The van der Waals surface area contributed by atoms with Crippen LogP contribution in [0.4, 0.5) is 5.69 Å². The molecule has 0 aliphatic heterocycles. The minimum absolute atomic E-state index is 0.420. The Bertz CT molecular complexity index is 488. The Kier molecular flexibility index (Phi) is 4.79. The van der Waals surface area contributed by atoms with Gasteiger partial charge in [-0.05, 0) is 30.7 Å². The average Bonchev–Trinajstić information content (AvgIpc) is 2.27. The van der Waals surface area contributed by atoms with E-state index in [4.69, 9.17) is 10.00 Å². The number of rotatable bonds is 6. The molecular formula is C11H14N2O3S. The van der Waals surface area contributed by atoms with E-state index in [2.05, 4.69) is 4.72 Å². The van der Waals surface area contributed by atoms with Crippen molar-refractivity contribution in [2.45, 2.75) is 13.3 Å². The van der Waals surface area contributed by atoms with E-state index in [9.17, 15) is 8.42 Å². The fourth-order valence-electron chi connectivity index (χ4n) is 1.14. The van der Waals surface area contributed by atoms with Crippen molar-refractivity contribution in [1.82, 2.24) is 0 Å². The maximum Gasteiger partial charge on any atom is 0.246 e. The predicted octanol–water partition coefficient (Wildman–Crippen LogP) is 1.74. The smallest absolute Gasteiger partial charge is 0.246 e. The Hall–Kier alpha value is -1.74. The maximum absolute atomic E-state index is 11.3. The van der Waals surface area contributed by atoms with Crippen LogP contribution < -0.4 is 9.46 Å². The number of nitrogens with zero attached hydrogens (tertiary/aromatic N) is 1. The molecule has 0 unspecified atom stereocenters. The van der Waals surface area contributed by atoms with Crippen LogP contribution in [0.3, 0.4) is 0 Å². The Morgan fingerprint density at radius 2 is 2.00 bits per heavy atom. The summed E-state index contributed by atoms with van der Waals surface area (Å²) in [4.78, 5) is 0. The van der Waals surface area contributed by atoms with Gasteiger partial charge < -0.3 is 4.74 Å². The number of hydrogen-bond acceptors (Lipinski definition) is 4. The summed E-state index contributed by atoms with van der Waals surface area (Å²) in [6.07, 6.45) is 0.913. The second kappa shape index (κ2) is 6.11. The maximum atomic E-state index is 11.3. The molecular weight excluding hydrogens is 240 g/mol. The van der Waals surface area contributed by atoms with Crippen LogP contribution in [0, 0.1) is 11.3 Å². The number of anilines is 1. The molecule has 92 valence electrons. The minimum atomic E-state index is -3.57. The van der Waals surface area contributed by atoms with Crippen LogP contribution in [0.2, 0.25) is 0 Å². The van der Waals surface area contributed by atoms with Gasteiger partial charge in [-0.3, -0.25) is 4.72 Å². The average molecular weight is 254 g/mol. The van der Waals surface area contributed by atoms with Crippen LogP contribution >= 0.6 is 0 Å². The summed E-state index contributed by atoms with van der Waals surface area (Å²) < 4.78 is 30.2. The van der Waals surface area contributed by atoms with Gasteiger partial charge in [0, 0.05) is 5.69 Å². The SMILES string of the molecule is CCCOc1ccc(NS(=O)(=O)CC#N)cc1. The van der Waals surface area contributed by atoms with Crippen molar-refractivity contribution in [3.63, 3.8) is 0 Å². The fourth-order valence-corrected chi connectivity index (χ4v) is 1.88. The molecule has 0 radical (unpaired) electrons. The standard InChI is InChI=1S/C11H14N2O3S/c1-2-8-16-11-5-3-10(4-6-11)13-17(14,15)9-7-12/h3-6,13H,2,8-9H2,1H3. The summed E-state index contributed by atoms with van der Waals surface area (Å²) in [5, 5.41) is 8.33. The molecule has 1 aromatic carbocycles. The molecule has 5 nitrogen and oxygen atoms in total. The van der Waals surface area contributed by atoms with E-state index in [1.807, 2.05) is 6.92 Å². The number of ether oxygens (including phenoxy) is 1. The molecule has 0 saturated heterocycles. The normalized spacial score (nSPS) is 10.6. The van der Waals surface area contributed by atoms with Crippen LogP contribution in [0.15, 0.2) is 24.3 Å². The Morgan fingerprint density at radius 1 is 1.35 bits per heavy atom. The summed E-state index contributed by atoms with van der Waals surface area (Å²) in [5.41, 5.74) is 0.420. The Morgan fingerprint density at radius 3 is 2.53 bits per heavy atom. The highest BCUT2D eigenvalue weighted by Crippen LogP contribution is 2.16. The highest BCUT2D eigenvalue weighted by atomic mass is 32.2. The summed E-state index contributed by atoms with van der Waals surface area (Å²) in [6.45, 7) is 2.63. The van der Waals surface area contributed by atoms with Crippen LogP contribution in [-0.2, 0) is 10.0 Å². The second-order valence-electron chi connectivity index (χ2n) is 3.39. The van der Waals surface area contributed by atoms with Crippen molar-refractivity contribution in [2.24, 2.45) is 0 Å². The summed E-state index contributed by atoms with van der Waals surface area (Å²) in [7, 11) is -3.57. The molecule has 0 atom stereocenters. The topological polar surface area (TPSA) is 79.2 Å². The first-order valence-corrected chi connectivity index (χ1v) is 6.83. The van der Waals surface area contributed by atoms with Gasteiger partial charge >= 0.3 is 0 Å². The highest BCUT2D eigenvalue weighted by Gasteiger charge is 2.08. The van der Waals surface area contributed by atoms with Gasteiger partial charge in [-0.25, -0.2) is 8.42 Å². The van der Waals surface area contributed by atoms with E-state index in [0.717, 1.165) is 6.42 Å². The third-order valence-electron chi connectivity index (χ3n) is 1.86. The number of benzene rings is 1. The second-order valence-corrected chi connectivity index (χ2v) is 5.11. The monoisotopic (exact) mass is 254 g/mol. The lowest BCUT2D eigenvalue weighted by Crippen LogP contribution is -2.15. The van der Waals surface area contributed by atoms with E-state index in [-0.39, 0.29) is 0 Å². The van der Waals surface area contributed by atoms with Gasteiger partial charge in [0.1, 0.15) is 5.75 Å². The van der Waals surface area contributed by atoms with Crippen LogP contribution in [0.1, 0.15) is 13.3 Å². The van der Waals surface area contributed by atoms with Gasteiger partial charge in [0.05, 0.1) is 12.7 Å². The van der Waals surface area contributed by atoms with E-state index in [0.29, 0.717) is 18.0 Å². The molecule has 0 aliphatic carbocycles. The predicted molar refractivity (Wildman–Crippen MR) is 65.3 cm³/mol. The van der Waals surface area contributed by atoms with E-state index >= 15 is 0 Å². The number of nitrogens with one attached hydrogen (secondary N) is 1. The molecule has 1 aromatic rings. The minimum Gasteiger partial charge on any atom is -0.494 e. The lowest BCUT2D eigenvalue weighted by atomic mass is 10.3. The van der Waals surface area contributed by atoms with Crippen molar-refractivity contribution in [3.8, 4) is 11.8 Å². The molecule has 1 rings (SSSR count). The zero-order chi connectivity index (χ0) is 12.7. The molecule has 1 N–H and O–H groups in total. The zero-order valence-corrected chi connectivity index (χ0v) is 10.3. The van der Waals surface area contributed by atoms with Gasteiger partial charge in [-0.15, -0.1) is 0 Å². The molecule has 0 spiro atoms. The molecule has 6 heteroatoms. The van der Waals surface area contributed by atoms with Crippen LogP contribution in [-0.4, -0.2) is 20.8 Å². The van der Waals surface area contributed by atoms with Gasteiger partial charge in [-0.2, -0.15) is 5.26 Å². The molecule has 17 heavy (non-hydrogen) atoms. The van der Waals surface area contributed by atoms with Crippen molar-refractivity contribution >= 4 is 15.7 Å². The van der Waals surface area contributed by atoms with E-state index < -0.39 is 15.8 Å². The van der Waals surface area contributed by atoms with Gasteiger partial charge in [0.15, 0.2) is 5.75 Å². The zero-order valence-electron chi connectivity index (χ0n) is 9.51. The van der Waals surface area contributed by atoms with Crippen LogP contribution in [0.5, 0.6) is 5.75 Å². The third-order valence-corrected chi connectivity index (χ3v) is 2.91. The first-order valence-electron chi connectivity index (χ1n) is 5.17. The molecule has 0 aliphatic rings. The highest BCUT2D eigenvalue weighted by molar-refractivity contribution is 7.92. The van der Waals surface area contributed by atoms with Gasteiger partial charge in [-0.1, -0.05) is 6.92 Å². The Balaban J connectivity index is 2.66. The molecule has 0 fully saturated rings. The third kappa shape index (κ3) is 4.74. The number of sulfonamides is 1. The Labute approximate surface area is 101 Å². The summed E-state index contributed by atoms with van der Waals surface area (Å²) in [5.74, 6) is 0.135. The lowest BCUT2D eigenvalue weighted by molar-refractivity contribution is 0.317. The van der Waals surface area contributed by atoms with Crippen molar-refractivity contribution < 1.29 is 13.2 Å². The van der Waals surface area contributed by atoms with Crippen LogP contribution in [0.25, 0.3) is 0 Å². The molecule has 0 heterocycles. The quantitative estimate of drug-likeness (QED) is 0.838. The number of nitriles is 1. The first-order chi connectivity index (χ1) is 8.07. The van der Waals surface area contributed by atoms with E-state index in [1.165, 1.54) is 0 Å². The van der Waals surface area contributed by atoms with Crippen molar-refractivity contribution in [2.75, 3.05) is 17.1 Å². The molecule has 0 bridgehead atoms. The molecule has 0 saturated carbocycles. The largest absolute Gasteiger partial charge is 0.494 e.